The molecule has 0 aliphatic carbocycles. The zero-order chi connectivity index (χ0) is 21.7. The maximum Gasteiger partial charge on any atom is 0.261 e. The van der Waals surface area contributed by atoms with Crippen molar-refractivity contribution in [3.05, 3.63) is 64.2 Å². The lowest BCUT2D eigenvalue weighted by molar-refractivity contribution is -0.133. The van der Waals surface area contributed by atoms with Crippen LogP contribution in [0.25, 0.3) is 10.9 Å². The Morgan fingerprint density at radius 2 is 2.00 bits per heavy atom. The highest BCUT2D eigenvalue weighted by atomic mass is 35.5. The Balaban J connectivity index is 1.59. The first kappa shape index (κ1) is 21.3. The first-order valence-electron chi connectivity index (χ1n) is 9.20. The number of fused-ring (bicyclic) bond motifs is 1. The van der Waals surface area contributed by atoms with Crippen LogP contribution in [0, 0.1) is 0 Å². The van der Waals surface area contributed by atoms with Crippen molar-refractivity contribution in [3.63, 3.8) is 0 Å². The molecule has 3 rings (SSSR count). The predicted octanol–water partition coefficient (Wildman–Crippen LogP) is 2.55. The number of rotatable bonds is 7. The molecule has 0 atom stereocenters. The molecule has 0 unspecified atom stereocenters. The third kappa shape index (κ3) is 4.96. The summed E-state index contributed by atoms with van der Waals surface area (Å²) in [7, 11) is 3.01. The predicted molar refractivity (Wildman–Crippen MR) is 115 cm³/mol. The quantitative estimate of drug-likeness (QED) is 0.624. The van der Waals surface area contributed by atoms with Crippen LogP contribution in [0.3, 0.4) is 0 Å². The van der Waals surface area contributed by atoms with E-state index in [1.807, 2.05) is 6.07 Å². The van der Waals surface area contributed by atoms with Gasteiger partial charge < -0.3 is 15.0 Å². The molecular formula is C21H21ClN4O4. The normalized spacial score (nSPS) is 10.6. The molecule has 8 nitrogen and oxygen atoms in total. The van der Waals surface area contributed by atoms with Gasteiger partial charge in [0.25, 0.3) is 5.56 Å². The van der Waals surface area contributed by atoms with Gasteiger partial charge in [-0.3, -0.25) is 19.0 Å². The molecule has 0 bridgehead atoms. The van der Waals surface area contributed by atoms with Crippen LogP contribution < -0.4 is 15.6 Å². The lowest BCUT2D eigenvalue weighted by Gasteiger charge is -2.18. The lowest BCUT2D eigenvalue weighted by atomic mass is 10.2. The molecule has 2 amide bonds. The minimum absolute atomic E-state index is 0.0597. The van der Waals surface area contributed by atoms with Crippen molar-refractivity contribution in [2.75, 3.05) is 26.0 Å². The first-order valence-corrected chi connectivity index (χ1v) is 9.58. The van der Waals surface area contributed by atoms with E-state index in [0.29, 0.717) is 27.4 Å². The number of aryl methyl sites for hydroxylation is 1. The molecule has 0 aliphatic heterocycles. The summed E-state index contributed by atoms with van der Waals surface area (Å²) in [5.41, 5.74) is 0.821. The molecular weight excluding hydrogens is 408 g/mol. The smallest absolute Gasteiger partial charge is 0.261 e. The number of hydrogen-bond donors (Lipinski definition) is 1. The summed E-state index contributed by atoms with van der Waals surface area (Å²) >= 11 is 5.96. The number of anilines is 1. The van der Waals surface area contributed by atoms with Crippen LogP contribution in [-0.2, 0) is 16.1 Å². The van der Waals surface area contributed by atoms with Crippen molar-refractivity contribution in [2.24, 2.45) is 0 Å². The molecule has 0 fully saturated rings. The monoisotopic (exact) mass is 428 g/mol. The summed E-state index contributed by atoms with van der Waals surface area (Å²) in [5, 5.41) is 3.63. The number of carbonyl (C=O) groups excluding carboxylic acids is 2. The van der Waals surface area contributed by atoms with Gasteiger partial charge in [-0.05, 0) is 30.3 Å². The van der Waals surface area contributed by atoms with Crippen molar-refractivity contribution in [1.29, 1.82) is 0 Å². The number of halogens is 1. The van der Waals surface area contributed by atoms with Crippen molar-refractivity contribution < 1.29 is 14.3 Å². The second-order valence-corrected chi connectivity index (χ2v) is 7.09. The van der Waals surface area contributed by atoms with E-state index in [1.54, 1.807) is 36.4 Å². The van der Waals surface area contributed by atoms with Gasteiger partial charge >= 0.3 is 0 Å². The van der Waals surface area contributed by atoms with Gasteiger partial charge in [-0.25, -0.2) is 4.98 Å². The van der Waals surface area contributed by atoms with E-state index >= 15 is 0 Å². The molecule has 0 saturated heterocycles. The Kier molecular flexibility index (Phi) is 6.68. The highest BCUT2D eigenvalue weighted by molar-refractivity contribution is 6.31. The number of para-hydroxylation sites is 1. The number of hydrogen-bond acceptors (Lipinski definition) is 5. The summed E-state index contributed by atoms with van der Waals surface area (Å²) in [6.45, 7) is 0.0168. The van der Waals surface area contributed by atoms with Crippen LogP contribution in [0.15, 0.2) is 53.6 Å². The first-order chi connectivity index (χ1) is 14.4. The molecule has 2 aromatic carbocycles. The van der Waals surface area contributed by atoms with E-state index in [9.17, 15) is 14.4 Å². The van der Waals surface area contributed by atoms with Crippen LogP contribution >= 0.6 is 11.6 Å². The maximum atomic E-state index is 12.5. The maximum absolute atomic E-state index is 12.5. The van der Waals surface area contributed by atoms with E-state index in [-0.39, 0.29) is 31.0 Å². The molecule has 0 radical (unpaired) electrons. The third-order valence-electron chi connectivity index (χ3n) is 4.54. The molecule has 0 saturated carbocycles. The molecule has 1 heterocycles. The Bertz CT molecular complexity index is 1150. The molecule has 9 heteroatoms. The lowest BCUT2D eigenvalue weighted by Crippen LogP contribution is -2.36. The van der Waals surface area contributed by atoms with Gasteiger partial charge in [0.1, 0.15) is 5.75 Å². The van der Waals surface area contributed by atoms with Crippen molar-refractivity contribution in [2.45, 2.75) is 13.0 Å². The van der Waals surface area contributed by atoms with Gasteiger partial charge in [-0.15, -0.1) is 0 Å². The summed E-state index contributed by atoms with van der Waals surface area (Å²) < 4.78 is 6.58. The zero-order valence-corrected chi connectivity index (χ0v) is 17.3. The number of benzene rings is 2. The highest BCUT2D eigenvalue weighted by Crippen LogP contribution is 2.27. The molecule has 30 heavy (non-hydrogen) atoms. The van der Waals surface area contributed by atoms with E-state index in [0.717, 1.165) is 0 Å². The fraction of sp³-hybridized carbons (Fsp3) is 0.238. The average molecular weight is 429 g/mol. The summed E-state index contributed by atoms with van der Waals surface area (Å²) in [5.74, 6) is -0.205. The highest BCUT2D eigenvalue weighted by Gasteiger charge is 2.15. The van der Waals surface area contributed by atoms with Crippen LogP contribution in [-0.4, -0.2) is 47.0 Å². The summed E-state index contributed by atoms with van der Waals surface area (Å²) in [4.78, 5) is 42.8. The number of amides is 2. The number of carbonyl (C=O) groups is 2. The van der Waals surface area contributed by atoms with E-state index in [1.165, 1.54) is 30.0 Å². The Morgan fingerprint density at radius 1 is 1.23 bits per heavy atom. The SMILES string of the molecule is COc1ccc(Cl)cc1NC(=O)CN(C)C(=O)CCn1cnc2ccccc2c1=O. The number of methoxy groups -OCH3 is 1. The van der Waals surface area contributed by atoms with Crippen LogP contribution in [0.4, 0.5) is 5.69 Å². The van der Waals surface area contributed by atoms with Crippen molar-refractivity contribution >= 4 is 40.0 Å². The standard InChI is InChI=1S/C21H21ClN4O4/c1-25(12-19(27)24-17-11-14(22)7-8-18(17)30-2)20(28)9-10-26-13-23-16-6-4-3-5-15(16)21(26)29/h3-8,11,13H,9-10,12H2,1-2H3,(H,24,27). The Hall–Kier alpha value is -3.39. The molecule has 1 aromatic heterocycles. The minimum Gasteiger partial charge on any atom is -0.495 e. The van der Waals surface area contributed by atoms with Crippen LogP contribution in [0.2, 0.25) is 5.02 Å². The minimum atomic E-state index is -0.393. The molecule has 3 aromatic rings. The molecule has 1 N–H and O–H groups in total. The van der Waals surface area contributed by atoms with Gasteiger partial charge in [0.15, 0.2) is 0 Å². The van der Waals surface area contributed by atoms with Crippen molar-refractivity contribution in [1.82, 2.24) is 14.5 Å². The zero-order valence-electron chi connectivity index (χ0n) is 16.6. The molecule has 0 aliphatic rings. The van der Waals surface area contributed by atoms with Gasteiger partial charge in [-0.2, -0.15) is 0 Å². The van der Waals surface area contributed by atoms with Gasteiger partial charge in [0.05, 0.1) is 36.6 Å². The third-order valence-corrected chi connectivity index (χ3v) is 4.78. The number of nitrogens with zero attached hydrogens (tertiary/aromatic N) is 3. The van der Waals surface area contributed by atoms with E-state index < -0.39 is 5.91 Å². The van der Waals surface area contributed by atoms with E-state index in [2.05, 4.69) is 10.3 Å². The van der Waals surface area contributed by atoms with Gasteiger partial charge in [0.2, 0.25) is 11.8 Å². The number of aromatic nitrogens is 2. The summed E-state index contributed by atoms with van der Waals surface area (Å²) in [6, 6.07) is 11.9. The number of nitrogens with one attached hydrogen (secondary N) is 1. The fourth-order valence-corrected chi connectivity index (χ4v) is 3.12. The second kappa shape index (κ2) is 9.41. The van der Waals surface area contributed by atoms with Crippen LogP contribution in [0.5, 0.6) is 5.75 Å². The number of likely N-dealkylation sites (N-methyl/N-ethyl adjacent to an activating group) is 1. The van der Waals surface area contributed by atoms with Crippen LogP contribution in [0.1, 0.15) is 6.42 Å². The fourth-order valence-electron chi connectivity index (χ4n) is 2.94. The molecule has 0 spiro atoms. The van der Waals surface area contributed by atoms with Gasteiger partial charge in [-0.1, -0.05) is 23.7 Å². The number of ether oxygens (including phenoxy) is 1. The largest absolute Gasteiger partial charge is 0.495 e. The Labute approximate surface area is 178 Å². The average Bonchev–Trinajstić information content (AvgIpc) is 2.73. The van der Waals surface area contributed by atoms with E-state index in [4.69, 9.17) is 16.3 Å². The van der Waals surface area contributed by atoms with Gasteiger partial charge in [0, 0.05) is 25.0 Å². The topological polar surface area (TPSA) is 93.5 Å². The Morgan fingerprint density at radius 3 is 2.77 bits per heavy atom. The summed E-state index contributed by atoms with van der Waals surface area (Å²) in [6.07, 6.45) is 1.49. The van der Waals surface area contributed by atoms with Crippen molar-refractivity contribution in [3.8, 4) is 5.75 Å². The molecule has 156 valence electrons. The second-order valence-electron chi connectivity index (χ2n) is 6.65.